The van der Waals surface area contributed by atoms with Gasteiger partial charge in [-0.25, -0.2) is 5.90 Å². The van der Waals surface area contributed by atoms with Crippen LogP contribution in [0.1, 0.15) is 5.56 Å². The molecule has 0 atom stereocenters. The van der Waals surface area contributed by atoms with Crippen LogP contribution in [0.15, 0.2) is 18.2 Å². The Bertz CT molecular complexity index is 252. The standard InChI is InChI=1S/C7H9ClN2O/c8-6-2-1-5(4-11-10)3-7(6)9/h1-3H,4,9-10H2. The van der Waals surface area contributed by atoms with Gasteiger partial charge in [-0.1, -0.05) is 17.7 Å². The molecule has 0 aliphatic rings. The van der Waals surface area contributed by atoms with Gasteiger partial charge in [-0.2, -0.15) is 0 Å². The number of hydrogen-bond acceptors (Lipinski definition) is 3. The van der Waals surface area contributed by atoms with Crippen LogP contribution in [0.5, 0.6) is 0 Å². The van der Waals surface area contributed by atoms with E-state index in [9.17, 15) is 0 Å². The maximum absolute atomic E-state index is 5.68. The van der Waals surface area contributed by atoms with Crippen molar-refractivity contribution in [3.05, 3.63) is 28.8 Å². The number of hydrogen-bond donors (Lipinski definition) is 2. The number of anilines is 1. The first-order chi connectivity index (χ1) is 5.24. The third-order valence-electron chi connectivity index (χ3n) is 1.31. The minimum Gasteiger partial charge on any atom is -0.398 e. The molecule has 4 heteroatoms. The van der Waals surface area contributed by atoms with Gasteiger partial charge in [-0.15, -0.1) is 0 Å². The van der Waals surface area contributed by atoms with Crippen molar-refractivity contribution >= 4 is 17.3 Å². The van der Waals surface area contributed by atoms with E-state index in [0.29, 0.717) is 17.3 Å². The van der Waals surface area contributed by atoms with Gasteiger partial charge in [0.05, 0.1) is 17.3 Å². The molecule has 1 aromatic rings. The summed E-state index contributed by atoms with van der Waals surface area (Å²) in [5, 5.41) is 0.547. The third-order valence-corrected chi connectivity index (χ3v) is 1.65. The highest BCUT2D eigenvalue weighted by atomic mass is 35.5. The van der Waals surface area contributed by atoms with E-state index in [1.807, 2.05) is 6.07 Å². The van der Waals surface area contributed by atoms with E-state index in [4.69, 9.17) is 23.2 Å². The van der Waals surface area contributed by atoms with Gasteiger partial charge in [0, 0.05) is 0 Å². The van der Waals surface area contributed by atoms with Crippen LogP contribution in [0.3, 0.4) is 0 Å². The van der Waals surface area contributed by atoms with Gasteiger partial charge >= 0.3 is 0 Å². The van der Waals surface area contributed by atoms with Crippen LogP contribution >= 0.6 is 11.6 Å². The van der Waals surface area contributed by atoms with Crippen molar-refractivity contribution in [2.24, 2.45) is 5.90 Å². The number of rotatable bonds is 2. The molecule has 1 rings (SSSR count). The summed E-state index contributed by atoms with van der Waals surface area (Å²) in [4.78, 5) is 4.42. The quantitative estimate of drug-likeness (QED) is 0.523. The van der Waals surface area contributed by atoms with Crippen LogP contribution < -0.4 is 11.6 Å². The van der Waals surface area contributed by atoms with Crippen molar-refractivity contribution in [1.82, 2.24) is 0 Å². The second kappa shape index (κ2) is 3.57. The lowest BCUT2D eigenvalue weighted by atomic mass is 10.2. The first-order valence-corrected chi connectivity index (χ1v) is 3.47. The Hall–Kier alpha value is -0.770. The van der Waals surface area contributed by atoms with E-state index in [2.05, 4.69) is 4.84 Å². The molecule has 0 saturated carbocycles. The van der Waals surface area contributed by atoms with Gasteiger partial charge in [-0.05, 0) is 17.7 Å². The Labute approximate surface area is 69.8 Å². The minimum absolute atomic E-state index is 0.349. The molecule has 0 spiro atoms. The molecule has 0 radical (unpaired) electrons. The Kier molecular flexibility index (Phi) is 2.70. The van der Waals surface area contributed by atoms with Gasteiger partial charge in [0.25, 0.3) is 0 Å². The number of halogens is 1. The average molecular weight is 173 g/mol. The summed E-state index contributed by atoms with van der Waals surface area (Å²) in [6, 6.07) is 5.26. The van der Waals surface area contributed by atoms with Gasteiger partial charge in [0.1, 0.15) is 0 Å². The number of nitrogen functional groups attached to an aromatic ring is 1. The van der Waals surface area contributed by atoms with E-state index in [0.717, 1.165) is 5.56 Å². The highest BCUT2D eigenvalue weighted by molar-refractivity contribution is 6.33. The summed E-state index contributed by atoms with van der Waals surface area (Å²) in [6.45, 7) is 0.349. The molecule has 0 saturated heterocycles. The average Bonchev–Trinajstić information content (AvgIpc) is 1.98. The molecule has 3 nitrogen and oxygen atoms in total. The summed E-state index contributed by atoms with van der Waals surface area (Å²) >= 11 is 5.68. The molecule has 0 fully saturated rings. The predicted octanol–water partition coefficient (Wildman–Crippen LogP) is 1.31. The van der Waals surface area contributed by atoms with Crippen LogP contribution in [0.4, 0.5) is 5.69 Å². The number of nitrogens with two attached hydrogens (primary N) is 2. The first-order valence-electron chi connectivity index (χ1n) is 3.09. The zero-order valence-electron chi connectivity index (χ0n) is 5.88. The van der Waals surface area contributed by atoms with E-state index < -0.39 is 0 Å². The second-order valence-electron chi connectivity index (χ2n) is 2.17. The summed E-state index contributed by atoms with van der Waals surface area (Å²) in [5.74, 6) is 4.87. The molecule has 60 valence electrons. The summed E-state index contributed by atoms with van der Waals surface area (Å²) in [7, 11) is 0. The zero-order valence-corrected chi connectivity index (χ0v) is 6.64. The largest absolute Gasteiger partial charge is 0.398 e. The predicted molar refractivity (Wildman–Crippen MR) is 44.8 cm³/mol. The molecule has 4 N–H and O–H groups in total. The topological polar surface area (TPSA) is 61.3 Å². The van der Waals surface area contributed by atoms with E-state index in [-0.39, 0.29) is 0 Å². The molecule has 0 aromatic heterocycles. The maximum Gasteiger partial charge on any atom is 0.0930 e. The second-order valence-corrected chi connectivity index (χ2v) is 2.57. The molecule has 0 unspecified atom stereocenters. The van der Waals surface area contributed by atoms with Crippen LogP contribution in [0.2, 0.25) is 5.02 Å². The molecule has 0 amide bonds. The van der Waals surface area contributed by atoms with Crippen LogP contribution in [-0.4, -0.2) is 0 Å². The van der Waals surface area contributed by atoms with Gasteiger partial charge in [-0.3, -0.25) is 4.84 Å². The van der Waals surface area contributed by atoms with Crippen LogP contribution in [0, 0.1) is 0 Å². The zero-order chi connectivity index (χ0) is 8.27. The lowest BCUT2D eigenvalue weighted by Gasteiger charge is -2.01. The van der Waals surface area contributed by atoms with Gasteiger partial charge < -0.3 is 5.73 Å². The van der Waals surface area contributed by atoms with Crippen LogP contribution in [0.25, 0.3) is 0 Å². The van der Waals surface area contributed by atoms with Gasteiger partial charge in [0.2, 0.25) is 0 Å². The van der Waals surface area contributed by atoms with Crippen molar-refractivity contribution in [3.63, 3.8) is 0 Å². The molecular weight excluding hydrogens is 164 g/mol. The third kappa shape index (κ3) is 2.08. The highest BCUT2D eigenvalue weighted by Gasteiger charge is 1.96. The monoisotopic (exact) mass is 172 g/mol. The van der Waals surface area contributed by atoms with Crippen molar-refractivity contribution in [2.75, 3.05) is 5.73 Å². The van der Waals surface area contributed by atoms with E-state index >= 15 is 0 Å². The number of benzene rings is 1. The lowest BCUT2D eigenvalue weighted by Crippen LogP contribution is -1.99. The van der Waals surface area contributed by atoms with Gasteiger partial charge in [0.15, 0.2) is 0 Å². The highest BCUT2D eigenvalue weighted by Crippen LogP contribution is 2.19. The Morgan fingerprint density at radius 1 is 1.45 bits per heavy atom. The van der Waals surface area contributed by atoms with Crippen molar-refractivity contribution in [3.8, 4) is 0 Å². The SMILES string of the molecule is NOCc1ccc(Cl)c(N)c1. The van der Waals surface area contributed by atoms with E-state index in [1.54, 1.807) is 12.1 Å². The van der Waals surface area contributed by atoms with Crippen molar-refractivity contribution < 1.29 is 4.84 Å². The molecule has 1 aromatic carbocycles. The summed E-state index contributed by atoms with van der Waals surface area (Å²) < 4.78 is 0. The summed E-state index contributed by atoms with van der Waals surface area (Å²) in [5.41, 5.74) is 6.98. The molecule has 0 bridgehead atoms. The fraction of sp³-hybridized carbons (Fsp3) is 0.143. The Morgan fingerprint density at radius 2 is 2.18 bits per heavy atom. The molecule has 0 aliphatic heterocycles. The van der Waals surface area contributed by atoms with E-state index in [1.165, 1.54) is 0 Å². The Morgan fingerprint density at radius 3 is 2.73 bits per heavy atom. The lowest BCUT2D eigenvalue weighted by molar-refractivity contribution is 0.124. The Balaban J connectivity index is 2.86. The molecule has 11 heavy (non-hydrogen) atoms. The maximum atomic E-state index is 5.68. The van der Waals surface area contributed by atoms with Crippen LogP contribution in [-0.2, 0) is 11.4 Å². The summed E-state index contributed by atoms with van der Waals surface area (Å²) in [6.07, 6.45) is 0. The first kappa shape index (κ1) is 8.33. The minimum atomic E-state index is 0.349. The molecular formula is C7H9ClN2O. The normalized spacial score (nSPS) is 10.0. The van der Waals surface area contributed by atoms with Crippen molar-refractivity contribution in [1.29, 1.82) is 0 Å². The fourth-order valence-electron chi connectivity index (χ4n) is 0.779. The van der Waals surface area contributed by atoms with Crippen molar-refractivity contribution in [2.45, 2.75) is 6.61 Å². The fourth-order valence-corrected chi connectivity index (χ4v) is 0.897. The molecule has 0 aliphatic carbocycles. The molecule has 0 heterocycles. The smallest absolute Gasteiger partial charge is 0.0930 e.